The van der Waals surface area contributed by atoms with Gasteiger partial charge in [0.15, 0.2) is 0 Å². The second kappa shape index (κ2) is 5.23. The van der Waals surface area contributed by atoms with E-state index in [2.05, 4.69) is 54.6 Å². The van der Waals surface area contributed by atoms with E-state index < -0.39 is 0 Å². The molecule has 0 aliphatic heterocycles. The Labute approximate surface area is 127 Å². The quantitative estimate of drug-likeness (QED) is 0.475. The zero-order valence-corrected chi connectivity index (χ0v) is 12.3. The van der Waals surface area contributed by atoms with E-state index in [0.717, 1.165) is 5.75 Å². The van der Waals surface area contributed by atoms with Gasteiger partial charge in [-0.15, -0.1) is 11.3 Å². The third-order valence-electron chi connectivity index (χ3n) is 3.60. The average molecular weight is 290 g/mol. The van der Waals surface area contributed by atoms with Gasteiger partial charge in [-0.3, -0.25) is 0 Å². The zero-order chi connectivity index (χ0) is 14.1. The third-order valence-corrected chi connectivity index (χ3v) is 4.74. The summed E-state index contributed by atoms with van der Waals surface area (Å²) < 4.78 is 8.67. The predicted molar refractivity (Wildman–Crippen MR) is 90.1 cm³/mol. The highest BCUT2D eigenvalue weighted by atomic mass is 32.1. The largest absolute Gasteiger partial charge is 0.488 e. The second-order valence-corrected chi connectivity index (χ2v) is 6.09. The molecule has 1 aromatic heterocycles. The molecule has 102 valence electrons. The van der Waals surface area contributed by atoms with Crippen LogP contribution in [-0.4, -0.2) is 0 Å². The van der Waals surface area contributed by atoms with E-state index in [1.54, 1.807) is 0 Å². The maximum atomic E-state index is 6.08. The Morgan fingerprint density at radius 1 is 0.714 bits per heavy atom. The third kappa shape index (κ3) is 2.28. The zero-order valence-electron chi connectivity index (χ0n) is 11.5. The summed E-state index contributed by atoms with van der Waals surface area (Å²) in [5.74, 6) is 0.966. The number of benzene rings is 3. The van der Waals surface area contributed by atoms with Crippen LogP contribution < -0.4 is 4.74 Å². The van der Waals surface area contributed by atoms with Crippen molar-refractivity contribution in [3.05, 3.63) is 78.4 Å². The Bertz CT molecular complexity index is 893. The van der Waals surface area contributed by atoms with E-state index in [9.17, 15) is 0 Å². The van der Waals surface area contributed by atoms with Crippen LogP contribution in [0.3, 0.4) is 0 Å². The lowest BCUT2D eigenvalue weighted by Crippen LogP contribution is -1.95. The SMILES string of the molecule is c1ccc(COc2cccc3sc4ccccc4c23)cc1. The van der Waals surface area contributed by atoms with Crippen LogP contribution in [0.2, 0.25) is 0 Å². The molecule has 0 N–H and O–H groups in total. The number of rotatable bonds is 3. The predicted octanol–water partition coefficient (Wildman–Crippen LogP) is 5.63. The first-order valence-electron chi connectivity index (χ1n) is 6.99. The van der Waals surface area contributed by atoms with Gasteiger partial charge in [0.05, 0.1) is 0 Å². The van der Waals surface area contributed by atoms with Crippen molar-refractivity contribution in [3.63, 3.8) is 0 Å². The smallest absolute Gasteiger partial charge is 0.129 e. The Balaban J connectivity index is 1.78. The van der Waals surface area contributed by atoms with Gasteiger partial charge in [-0.1, -0.05) is 54.6 Å². The van der Waals surface area contributed by atoms with E-state index in [4.69, 9.17) is 4.74 Å². The molecule has 0 unspecified atom stereocenters. The summed E-state index contributed by atoms with van der Waals surface area (Å²) in [7, 11) is 0. The second-order valence-electron chi connectivity index (χ2n) is 5.00. The molecule has 21 heavy (non-hydrogen) atoms. The Kier molecular flexibility index (Phi) is 3.09. The summed E-state index contributed by atoms with van der Waals surface area (Å²) in [4.78, 5) is 0. The molecule has 4 aromatic rings. The number of thiophene rings is 1. The van der Waals surface area contributed by atoms with Crippen LogP contribution in [0.5, 0.6) is 5.75 Å². The van der Waals surface area contributed by atoms with Crippen molar-refractivity contribution in [3.8, 4) is 5.75 Å². The molecule has 0 saturated heterocycles. The number of ether oxygens (including phenoxy) is 1. The normalized spacial score (nSPS) is 11.0. The van der Waals surface area contributed by atoms with Crippen LogP contribution >= 0.6 is 11.3 Å². The monoisotopic (exact) mass is 290 g/mol. The highest BCUT2D eigenvalue weighted by Gasteiger charge is 2.09. The lowest BCUT2D eigenvalue weighted by Gasteiger charge is -2.08. The van der Waals surface area contributed by atoms with Crippen molar-refractivity contribution < 1.29 is 4.74 Å². The molecule has 0 atom stereocenters. The molecule has 0 bridgehead atoms. The van der Waals surface area contributed by atoms with Crippen molar-refractivity contribution in [1.82, 2.24) is 0 Å². The van der Waals surface area contributed by atoms with Gasteiger partial charge < -0.3 is 4.74 Å². The van der Waals surface area contributed by atoms with Gasteiger partial charge in [-0.05, 0) is 23.8 Å². The summed E-state index contributed by atoms with van der Waals surface area (Å²) in [6, 6.07) is 25.1. The highest BCUT2D eigenvalue weighted by Crippen LogP contribution is 2.39. The van der Waals surface area contributed by atoms with E-state index in [1.807, 2.05) is 29.5 Å². The van der Waals surface area contributed by atoms with Gasteiger partial charge in [-0.25, -0.2) is 0 Å². The molecule has 0 saturated carbocycles. The molecule has 1 nitrogen and oxygen atoms in total. The van der Waals surface area contributed by atoms with Crippen molar-refractivity contribution in [2.45, 2.75) is 6.61 Å². The number of hydrogen-bond acceptors (Lipinski definition) is 2. The molecule has 0 radical (unpaired) electrons. The minimum absolute atomic E-state index is 0.601. The van der Waals surface area contributed by atoms with Gasteiger partial charge in [0.1, 0.15) is 12.4 Å². The topological polar surface area (TPSA) is 9.23 Å². The molecule has 0 spiro atoms. The van der Waals surface area contributed by atoms with Crippen LogP contribution in [0.15, 0.2) is 72.8 Å². The van der Waals surface area contributed by atoms with Crippen LogP contribution in [0.4, 0.5) is 0 Å². The van der Waals surface area contributed by atoms with Gasteiger partial charge in [0.2, 0.25) is 0 Å². The van der Waals surface area contributed by atoms with Crippen molar-refractivity contribution >= 4 is 31.5 Å². The number of fused-ring (bicyclic) bond motifs is 3. The summed E-state index contributed by atoms with van der Waals surface area (Å²) >= 11 is 1.82. The van der Waals surface area contributed by atoms with Gasteiger partial charge in [-0.2, -0.15) is 0 Å². The van der Waals surface area contributed by atoms with E-state index in [0.29, 0.717) is 6.61 Å². The molecule has 2 heteroatoms. The van der Waals surface area contributed by atoms with Crippen LogP contribution in [0.1, 0.15) is 5.56 Å². The van der Waals surface area contributed by atoms with Crippen LogP contribution in [0.25, 0.3) is 20.2 Å². The van der Waals surface area contributed by atoms with Crippen molar-refractivity contribution in [2.24, 2.45) is 0 Å². The maximum Gasteiger partial charge on any atom is 0.129 e. The van der Waals surface area contributed by atoms with Gasteiger partial charge in [0.25, 0.3) is 0 Å². The minimum atomic E-state index is 0.601. The molecular formula is C19H14OS. The Morgan fingerprint density at radius 2 is 1.48 bits per heavy atom. The fraction of sp³-hybridized carbons (Fsp3) is 0.0526. The van der Waals surface area contributed by atoms with E-state index >= 15 is 0 Å². The van der Waals surface area contributed by atoms with Crippen molar-refractivity contribution in [2.75, 3.05) is 0 Å². The standard InChI is InChI=1S/C19H14OS/c1-2-7-14(8-3-1)13-20-16-10-6-12-18-19(16)15-9-4-5-11-17(15)21-18/h1-12H,13H2. The summed E-state index contributed by atoms with van der Waals surface area (Å²) in [5.41, 5.74) is 1.19. The molecule has 3 aromatic carbocycles. The highest BCUT2D eigenvalue weighted by molar-refractivity contribution is 7.25. The molecule has 0 amide bonds. The van der Waals surface area contributed by atoms with Crippen LogP contribution in [0, 0.1) is 0 Å². The maximum absolute atomic E-state index is 6.08. The summed E-state index contributed by atoms with van der Waals surface area (Å²) in [6.45, 7) is 0.601. The molecule has 4 rings (SSSR count). The molecular weight excluding hydrogens is 276 g/mol. The van der Waals surface area contributed by atoms with E-state index in [1.165, 1.54) is 25.7 Å². The molecule has 0 aliphatic carbocycles. The van der Waals surface area contributed by atoms with E-state index in [-0.39, 0.29) is 0 Å². The van der Waals surface area contributed by atoms with Crippen molar-refractivity contribution in [1.29, 1.82) is 0 Å². The molecule has 0 fully saturated rings. The summed E-state index contributed by atoms with van der Waals surface area (Å²) in [6.07, 6.45) is 0. The minimum Gasteiger partial charge on any atom is -0.488 e. The first kappa shape index (κ1) is 12.4. The molecule has 1 heterocycles. The number of hydrogen-bond donors (Lipinski definition) is 0. The lowest BCUT2D eigenvalue weighted by atomic mass is 10.1. The fourth-order valence-corrected chi connectivity index (χ4v) is 3.72. The van der Waals surface area contributed by atoms with Crippen LogP contribution in [-0.2, 0) is 6.61 Å². The average Bonchev–Trinajstić information content (AvgIpc) is 2.93. The van der Waals surface area contributed by atoms with Gasteiger partial charge in [0, 0.05) is 20.2 Å². The fourth-order valence-electron chi connectivity index (χ4n) is 2.60. The lowest BCUT2D eigenvalue weighted by molar-refractivity contribution is 0.310. The summed E-state index contributed by atoms with van der Waals surface area (Å²) in [5, 5.41) is 2.51. The Morgan fingerprint density at radius 3 is 2.38 bits per heavy atom. The Hall–Kier alpha value is -2.32. The molecule has 0 aliphatic rings. The first-order valence-corrected chi connectivity index (χ1v) is 7.80. The first-order chi connectivity index (χ1) is 10.4. The van der Waals surface area contributed by atoms with Gasteiger partial charge >= 0.3 is 0 Å².